The first-order valence-electron chi connectivity index (χ1n) is 9.65. The fourth-order valence-electron chi connectivity index (χ4n) is 3.73. The van der Waals surface area contributed by atoms with Crippen LogP contribution in [0, 0.1) is 11.8 Å². The lowest BCUT2D eigenvalue weighted by Gasteiger charge is -2.30. The number of hydrogen-bond acceptors (Lipinski definition) is 2. The van der Waals surface area contributed by atoms with Crippen LogP contribution in [0.2, 0.25) is 0 Å². The van der Waals surface area contributed by atoms with E-state index in [0.29, 0.717) is 19.1 Å². The van der Waals surface area contributed by atoms with Gasteiger partial charge in [0.05, 0.1) is 26.4 Å². The Morgan fingerprint density at radius 2 is 1.16 bits per heavy atom. The maximum Gasteiger partial charge on any atom is 0.0717 e. The quantitative estimate of drug-likeness (QED) is 0.591. The van der Waals surface area contributed by atoms with E-state index in [1.807, 2.05) is 12.1 Å². The number of hydrogen-bond donors (Lipinski definition) is 0. The van der Waals surface area contributed by atoms with Crippen molar-refractivity contribution in [1.82, 2.24) is 0 Å². The van der Waals surface area contributed by atoms with E-state index in [1.165, 1.54) is 43.2 Å². The summed E-state index contributed by atoms with van der Waals surface area (Å²) in [4.78, 5) is 0. The number of benzene rings is 2. The highest BCUT2D eigenvalue weighted by molar-refractivity contribution is 5.14. The average Bonchev–Trinajstić information content (AvgIpc) is 2.69. The smallest absolute Gasteiger partial charge is 0.0717 e. The molecule has 0 aliphatic heterocycles. The lowest BCUT2D eigenvalue weighted by Crippen LogP contribution is -2.27. The second kappa shape index (κ2) is 10.4. The molecule has 1 saturated carbocycles. The fourth-order valence-corrected chi connectivity index (χ4v) is 3.73. The van der Waals surface area contributed by atoms with Gasteiger partial charge in [-0.25, -0.2) is 0 Å². The summed E-state index contributed by atoms with van der Waals surface area (Å²) in [6, 6.07) is 20.9. The molecule has 1 aliphatic carbocycles. The molecule has 0 N–H and O–H groups in total. The Labute approximate surface area is 152 Å². The third-order valence-corrected chi connectivity index (χ3v) is 5.20. The summed E-state index contributed by atoms with van der Waals surface area (Å²) < 4.78 is 12.1. The third kappa shape index (κ3) is 6.30. The highest BCUT2D eigenvalue weighted by Gasteiger charge is 2.24. The van der Waals surface area contributed by atoms with E-state index in [2.05, 4.69) is 48.5 Å². The molecule has 134 valence electrons. The molecule has 1 fully saturated rings. The zero-order valence-electron chi connectivity index (χ0n) is 15.1. The van der Waals surface area contributed by atoms with Crippen LogP contribution in [-0.2, 0) is 22.7 Å². The number of ether oxygens (including phenoxy) is 2. The van der Waals surface area contributed by atoms with Crippen LogP contribution < -0.4 is 0 Å². The zero-order chi connectivity index (χ0) is 17.2. The maximum atomic E-state index is 6.06. The molecule has 0 atom stereocenters. The Hall–Kier alpha value is -1.64. The second-order valence-electron chi connectivity index (χ2n) is 7.16. The van der Waals surface area contributed by atoms with Gasteiger partial charge in [0, 0.05) is 5.92 Å². The Bertz CT molecular complexity index is 530. The summed E-state index contributed by atoms with van der Waals surface area (Å²) >= 11 is 0. The summed E-state index contributed by atoms with van der Waals surface area (Å²) in [7, 11) is 0. The largest absolute Gasteiger partial charge is 0.376 e. The minimum atomic E-state index is 0.507. The third-order valence-electron chi connectivity index (χ3n) is 5.20. The average molecular weight is 338 g/mol. The predicted molar refractivity (Wildman–Crippen MR) is 102 cm³/mol. The van der Waals surface area contributed by atoms with Crippen LogP contribution in [0.1, 0.15) is 43.2 Å². The van der Waals surface area contributed by atoms with Crippen LogP contribution in [0.3, 0.4) is 0 Å². The highest BCUT2D eigenvalue weighted by Crippen LogP contribution is 2.30. The molecule has 25 heavy (non-hydrogen) atoms. The van der Waals surface area contributed by atoms with Crippen LogP contribution in [0.15, 0.2) is 60.7 Å². The van der Waals surface area contributed by atoms with E-state index >= 15 is 0 Å². The molecule has 1 aliphatic rings. The van der Waals surface area contributed by atoms with Gasteiger partial charge in [0.15, 0.2) is 0 Å². The first-order chi connectivity index (χ1) is 12.4. The molecule has 2 nitrogen and oxygen atoms in total. The second-order valence-corrected chi connectivity index (χ2v) is 7.16. The summed E-state index contributed by atoms with van der Waals surface area (Å²) in [6.45, 7) is 2.99. The lowest BCUT2D eigenvalue weighted by molar-refractivity contribution is -0.00270. The molecule has 0 unspecified atom stereocenters. The molecule has 0 saturated heterocycles. The van der Waals surface area contributed by atoms with Gasteiger partial charge in [0.1, 0.15) is 0 Å². The molecule has 0 heterocycles. The maximum absolute atomic E-state index is 6.06. The van der Waals surface area contributed by atoms with Crippen LogP contribution >= 0.6 is 0 Å². The molecule has 3 rings (SSSR count). The molecule has 0 spiro atoms. The van der Waals surface area contributed by atoms with Crippen molar-refractivity contribution in [3.63, 3.8) is 0 Å². The van der Waals surface area contributed by atoms with Crippen LogP contribution in [0.4, 0.5) is 0 Å². The molecule has 0 radical (unpaired) electrons. The highest BCUT2D eigenvalue weighted by atomic mass is 16.5. The van der Waals surface area contributed by atoms with Crippen LogP contribution in [0.25, 0.3) is 0 Å². The van der Waals surface area contributed by atoms with Gasteiger partial charge in [-0.3, -0.25) is 0 Å². The Kier molecular flexibility index (Phi) is 7.54. The van der Waals surface area contributed by atoms with Crippen molar-refractivity contribution in [2.24, 2.45) is 11.8 Å². The van der Waals surface area contributed by atoms with E-state index in [1.54, 1.807) is 0 Å². The minimum absolute atomic E-state index is 0.507. The summed E-state index contributed by atoms with van der Waals surface area (Å²) in [5, 5.41) is 0. The van der Waals surface area contributed by atoms with Gasteiger partial charge in [-0.15, -0.1) is 0 Å². The van der Waals surface area contributed by atoms with Gasteiger partial charge >= 0.3 is 0 Å². The van der Waals surface area contributed by atoms with Gasteiger partial charge in [-0.05, 0) is 17.0 Å². The first kappa shape index (κ1) is 18.2. The van der Waals surface area contributed by atoms with Crippen molar-refractivity contribution in [3.05, 3.63) is 71.8 Å². The summed E-state index contributed by atoms with van der Waals surface area (Å²) in [5.74, 6) is 1.26. The van der Waals surface area contributed by atoms with Crippen LogP contribution in [-0.4, -0.2) is 13.2 Å². The number of rotatable bonds is 9. The minimum Gasteiger partial charge on any atom is -0.376 e. The fraction of sp³-hybridized carbons (Fsp3) is 0.478. The molecule has 2 aromatic carbocycles. The Morgan fingerprint density at radius 1 is 0.680 bits per heavy atom. The SMILES string of the molecule is c1ccc(COCC(COCc2ccccc2)C2CCCCC2)cc1. The standard InChI is InChI=1S/C23H30O2/c1-4-10-20(11-5-1)16-24-18-23(22-14-8-3-9-15-22)19-25-17-21-12-6-2-7-13-21/h1-2,4-7,10-13,22-23H,3,8-9,14-19H2. The van der Waals surface area contributed by atoms with E-state index in [9.17, 15) is 0 Å². The molecule has 2 heteroatoms. The zero-order valence-corrected chi connectivity index (χ0v) is 15.1. The van der Waals surface area contributed by atoms with E-state index in [0.717, 1.165) is 19.1 Å². The van der Waals surface area contributed by atoms with Crippen molar-refractivity contribution < 1.29 is 9.47 Å². The van der Waals surface area contributed by atoms with Gasteiger partial charge < -0.3 is 9.47 Å². The normalized spacial score (nSPS) is 15.6. The topological polar surface area (TPSA) is 18.5 Å². The van der Waals surface area contributed by atoms with E-state index < -0.39 is 0 Å². The molecule has 0 bridgehead atoms. The molecule has 2 aromatic rings. The lowest BCUT2D eigenvalue weighted by atomic mass is 9.80. The Balaban J connectivity index is 1.47. The monoisotopic (exact) mass is 338 g/mol. The summed E-state index contributed by atoms with van der Waals surface area (Å²) in [6.07, 6.45) is 6.76. The Morgan fingerprint density at radius 3 is 1.64 bits per heavy atom. The molecule has 0 amide bonds. The van der Waals surface area contributed by atoms with Crippen molar-refractivity contribution in [2.75, 3.05) is 13.2 Å². The molecular formula is C23H30O2. The first-order valence-corrected chi connectivity index (χ1v) is 9.65. The van der Waals surface area contributed by atoms with Gasteiger partial charge in [-0.1, -0.05) is 92.8 Å². The molecular weight excluding hydrogens is 308 g/mol. The van der Waals surface area contributed by atoms with Crippen molar-refractivity contribution in [2.45, 2.75) is 45.3 Å². The van der Waals surface area contributed by atoms with Gasteiger partial charge in [0.2, 0.25) is 0 Å². The van der Waals surface area contributed by atoms with Crippen molar-refractivity contribution in [3.8, 4) is 0 Å². The molecule has 0 aromatic heterocycles. The van der Waals surface area contributed by atoms with Gasteiger partial charge in [-0.2, -0.15) is 0 Å². The van der Waals surface area contributed by atoms with E-state index in [4.69, 9.17) is 9.47 Å². The predicted octanol–water partition coefficient (Wildman–Crippen LogP) is 5.62. The van der Waals surface area contributed by atoms with Gasteiger partial charge in [0.25, 0.3) is 0 Å². The van der Waals surface area contributed by atoms with Crippen molar-refractivity contribution >= 4 is 0 Å². The van der Waals surface area contributed by atoms with E-state index in [-0.39, 0.29) is 0 Å². The van der Waals surface area contributed by atoms with Crippen molar-refractivity contribution in [1.29, 1.82) is 0 Å². The van der Waals surface area contributed by atoms with Crippen LogP contribution in [0.5, 0.6) is 0 Å². The summed E-state index contributed by atoms with van der Waals surface area (Å²) in [5.41, 5.74) is 2.49.